The molecular formula is C24H26N2O. The molecule has 1 aliphatic heterocycles. The Balaban J connectivity index is 0.00000192. The van der Waals surface area contributed by atoms with Crippen LogP contribution in [0.2, 0.25) is 0 Å². The summed E-state index contributed by atoms with van der Waals surface area (Å²) in [4.78, 5) is 17.4. The van der Waals surface area contributed by atoms with Crippen LogP contribution in [0.1, 0.15) is 56.6 Å². The summed E-state index contributed by atoms with van der Waals surface area (Å²) in [6.45, 7) is 0. The summed E-state index contributed by atoms with van der Waals surface area (Å²) in [6.07, 6.45) is 8.65. The van der Waals surface area contributed by atoms with Crippen molar-refractivity contribution in [3.05, 3.63) is 78.2 Å². The van der Waals surface area contributed by atoms with E-state index < -0.39 is 0 Å². The summed E-state index contributed by atoms with van der Waals surface area (Å²) in [7, 11) is 0. The number of imidazole rings is 1. The van der Waals surface area contributed by atoms with E-state index in [1.165, 1.54) is 16.7 Å². The topological polar surface area (TPSA) is 34.9 Å². The molecule has 3 nitrogen and oxygen atoms in total. The van der Waals surface area contributed by atoms with Gasteiger partial charge < -0.3 is 4.57 Å². The predicted octanol–water partition coefficient (Wildman–Crippen LogP) is 5.63. The number of rotatable bonds is 4. The smallest absolute Gasteiger partial charge is 0.138 e. The van der Waals surface area contributed by atoms with Crippen LogP contribution in [0.4, 0.5) is 0 Å². The molecule has 0 spiro atoms. The van der Waals surface area contributed by atoms with Crippen molar-refractivity contribution < 1.29 is 6.22 Å². The number of Topliss-reactive ketones (excluding diaryl/α,β-unsaturated/α-hetero) is 1. The summed E-state index contributed by atoms with van der Waals surface area (Å²) >= 11 is 0. The van der Waals surface area contributed by atoms with E-state index in [-0.39, 0.29) is 13.4 Å². The molecule has 0 saturated heterocycles. The summed E-state index contributed by atoms with van der Waals surface area (Å²) < 4.78 is 2.18. The molecule has 1 unspecified atom stereocenters. The van der Waals surface area contributed by atoms with Gasteiger partial charge in [0.25, 0.3) is 0 Å². The van der Waals surface area contributed by atoms with Crippen LogP contribution in [0.15, 0.2) is 67.1 Å². The number of ketones is 1. The highest BCUT2D eigenvalue weighted by atomic mass is 16.1. The third kappa shape index (κ3) is 2.91. The lowest BCUT2D eigenvalue weighted by molar-refractivity contribution is -0.124. The van der Waals surface area contributed by atoms with Crippen molar-refractivity contribution in [2.75, 3.05) is 0 Å². The number of aromatic nitrogens is 2. The zero-order valence-corrected chi connectivity index (χ0v) is 15.4. The van der Waals surface area contributed by atoms with E-state index in [4.69, 9.17) is 0 Å². The Hall–Kier alpha value is -2.68. The number of hydrogen-bond donors (Lipinski definition) is 0. The molecule has 1 aliphatic carbocycles. The Morgan fingerprint density at radius 2 is 1.74 bits per heavy atom. The zero-order valence-electron chi connectivity index (χ0n) is 15.4. The average molecular weight is 358 g/mol. The quantitative estimate of drug-likeness (QED) is 0.605. The van der Waals surface area contributed by atoms with E-state index in [1.54, 1.807) is 0 Å². The number of benzene rings is 2. The molecule has 2 aliphatic rings. The van der Waals surface area contributed by atoms with Gasteiger partial charge in [0.15, 0.2) is 0 Å². The van der Waals surface area contributed by atoms with Gasteiger partial charge in [0.05, 0.1) is 24.3 Å². The number of fused-ring (bicyclic) bond motifs is 3. The van der Waals surface area contributed by atoms with Crippen molar-refractivity contribution in [1.29, 1.82) is 0 Å². The lowest BCUT2D eigenvalue weighted by Gasteiger charge is -2.29. The van der Waals surface area contributed by atoms with Crippen LogP contribution in [0.3, 0.4) is 0 Å². The molecule has 5 rings (SSSR count). The van der Waals surface area contributed by atoms with E-state index in [0.717, 1.165) is 31.4 Å². The highest BCUT2D eigenvalue weighted by Gasteiger charge is 2.33. The van der Waals surface area contributed by atoms with Crippen LogP contribution in [0, 0.1) is 5.92 Å². The highest BCUT2D eigenvalue weighted by molar-refractivity contribution is 5.83. The van der Waals surface area contributed by atoms with Gasteiger partial charge in [-0.05, 0) is 42.7 Å². The van der Waals surface area contributed by atoms with Crippen molar-refractivity contribution in [3.8, 4) is 11.3 Å². The van der Waals surface area contributed by atoms with Crippen LogP contribution in [-0.4, -0.2) is 15.3 Å². The molecule has 0 amide bonds. The Kier molecular flexibility index (Phi) is 4.16. The Labute approximate surface area is 161 Å². The molecule has 0 radical (unpaired) electrons. The minimum absolute atomic E-state index is 0. The first-order valence-electron chi connectivity index (χ1n) is 10.00. The minimum atomic E-state index is 0. The van der Waals surface area contributed by atoms with Gasteiger partial charge in [0, 0.05) is 19.3 Å². The lowest BCUT2D eigenvalue weighted by atomic mass is 9.76. The zero-order chi connectivity index (χ0) is 18.2. The van der Waals surface area contributed by atoms with E-state index in [1.807, 2.05) is 12.5 Å². The Morgan fingerprint density at radius 1 is 1.00 bits per heavy atom. The van der Waals surface area contributed by atoms with Gasteiger partial charge in [-0.15, -0.1) is 0 Å². The van der Waals surface area contributed by atoms with Gasteiger partial charge in [0.2, 0.25) is 0 Å². The number of hydrogen-bond acceptors (Lipinski definition) is 2. The second-order valence-electron chi connectivity index (χ2n) is 7.92. The normalized spacial score (nSPS) is 23.6. The molecule has 138 valence electrons. The van der Waals surface area contributed by atoms with Crippen LogP contribution >= 0.6 is 0 Å². The molecule has 0 bridgehead atoms. The second-order valence-corrected chi connectivity index (χ2v) is 7.92. The maximum absolute atomic E-state index is 13.1. The van der Waals surface area contributed by atoms with Crippen LogP contribution in [0.25, 0.3) is 11.3 Å². The van der Waals surface area contributed by atoms with Crippen LogP contribution in [-0.2, 0) is 4.79 Å². The molecule has 2 heterocycles. The molecule has 0 N–H and O–H groups in total. The SMILES string of the molecule is O=C(CC1c2ccccc2-c2cncn21)C1CCC(c2ccccc2)CC1.[HH]. The molecule has 3 aromatic rings. The van der Waals surface area contributed by atoms with E-state index >= 15 is 0 Å². The maximum atomic E-state index is 13.1. The molecular weight excluding hydrogens is 332 g/mol. The van der Waals surface area contributed by atoms with Gasteiger partial charge in [-0.25, -0.2) is 4.98 Å². The van der Waals surface area contributed by atoms with Crippen molar-refractivity contribution in [1.82, 2.24) is 9.55 Å². The highest BCUT2D eigenvalue weighted by Crippen LogP contribution is 2.42. The van der Waals surface area contributed by atoms with E-state index in [2.05, 4.69) is 64.1 Å². The number of carbonyl (C=O) groups is 1. The first kappa shape index (κ1) is 16.5. The van der Waals surface area contributed by atoms with Gasteiger partial charge in [-0.1, -0.05) is 54.6 Å². The molecule has 3 heteroatoms. The summed E-state index contributed by atoms with van der Waals surface area (Å²) in [5, 5.41) is 0. The van der Waals surface area contributed by atoms with Crippen LogP contribution in [0.5, 0.6) is 0 Å². The maximum Gasteiger partial charge on any atom is 0.138 e. The molecule has 2 aromatic carbocycles. The predicted molar refractivity (Wildman–Crippen MR) is 109 cm³/mol. The van der Waals surface area contributed by atoms with E-state index in [9.17, 15) is 4.79 Å². The summed E-state index contributed by atoms with van der Waals surface area (Å²) in [5.41, 5.74) is 5.05. The van der Waals surface area contributed by atoms with Crippen molar-refractivity contribution in [2.24, 2.45) is 5.92 Å². The van der Waals surface area contributed by atoms with E-state index in [0.29, 0.717) is 18.1 Å². The number of carbonyl (C=O) groups excluding carboxylic acids is 1. The fourth-order valence-corrected chi connectivity index (χ4v) is 4.97. The molecule has 1 atom stereocenters. The fourth-order valence-electron chi connectivity index (χ4n) is 4.97. The van der Waals surface area contributed by atoms with Crippen molar-refractivity contribution in [2.45, 2.75) is 44.1 Å². The van der Waals surface area contributed by atoms with Crippen molar-refractivity contribution in [3.63, 3.8) is 0 Å². The minimum Gasteiger partial charge on any atom is -0.323 e. The third-order valence-electron chi connectivity index (χ3n) is 6.45. The lowest BCUT2D eigenvalue weighted by Crippen LogP contribution is -2.23. The Morgan fingerprint density at radius 3 is 2.56 bits per heavy atom. The largest absolute Gasteiger partial charge is 0.323 e. The Bertz CT molecular complexity index is 958. The first-order chi connectivity index (χ1) is 13.3. The fraction of sp³-hybridized carbons (Fsp3) is 0.333. The third-order valence-corrected chi connectivity index (χ3v) is 6.45. The summed E-state index contributed by atoms with van der Waals surface area (Å²) in [6, 6.07) is 19.3. The standard InChI is InChI=1S/C24H24N2O.H2/c27-24(19-12-10-18(11-13-19)17-6-2-1-3-7-17)14-22-20-8-4-5-9-21(20)23-15-25-16-26(22)23;/h1-9,15-16,18-19,22H,10-14H2;1H. The van der Waals surface area contributed by atoms with Gasteiger partial charge in [-0.2, -0.15) is 0 Å². The monoisotopic (exact) mass is 358 g/mol. The number of nitrogens with zero attached hydrogens (tertiary/aromatic N) is 2. The first-order valence-corrected chi connectivity index (χ1v) is 10.00. The molecule has 1 fully saturated rings. The summed E-state index contributed by atoms with van der Waals surface area (Å²) in [5.74, 6) is 1.25. The van der Waals surface area contributed by atoms with Crippen LogP contribution < -0.4 is 0 Å². The molecule has 1 saturated carbocycles. The molecule has 27 heavy (non-hydrogen) atoms. The van der Waals surface area contributed by atoms with Crippen molar-refractivity contribution >= 4 is 5.78 Å². The van der Waals surface area contributed by atoms with Gasteiger partial charge >= 0.3 is 0 Å². The second kappa shape index (κ2) is 6.80. The van der Waals surface area contributed by atoms with Gasteiger partial charge in [0.1, 0.15) is 5.78 Å². The van der Waals surface area contributed by atoms with Gasteiger partial charge in [-0.3, -0.25) is 4.79 Å². The molecule has 1 aromatic heterocycles. The average Bonchev–Trinajstić information content (AvgIpc) is 3.32.